The van der Waals surface area contributed by atoms with E-state index in [0.29, 0.717) is 5.56 Å². The van der Waals surface area contributed by atoms with Crippen LogP contribution < -0.4 is 0 Å². The summed E-state index contributed by atoms with van der Waals surface area (Å²) in [5.74, 6) is -2.88. The van der Waals surface area contributed by atoms with Gasteiger partial charge in [-0.3, -0.25) is 0 Å². The van der Waals surface area contributed by atoms with Crippen LogP contribution in [0.15, 0.2) is 121 Å². The molecule has 0 amide bonds. The lowest BCUT2D eigenvalue weighted by molar-refractivity contribution is -0.141. The molecule has 5 rings (SSSR count). The molecular formula is C35H30O9. The van der Waals surface area contributed by atoms with E-state index in [9.17, 15) is 19.2 Å². The van der Waals surface area contributed by atoms with Crippen LogP contribution in [0.25, 0.3) is 0 Å². The van der Waals surface area contributed by atoms with Gasteiger partial charge in [0.2, 0.25) is 12.4 Å². The van der Waals surface area contributed by atoms with Crippen molar-refractivity contribution in [1.29, 1.82) is 0 Å². The molecule has 0 saturated carbocycles. The first kappa shape index (κ1) is 30.2. The third-order valence-electron chi connectivity index (χ3n) is 7.27. The van der Waals surface area contributed by atoms with Crippen molar-refractivity contribution in [3.8, 4) is 0 Å². The second kappa shape index (κ2) is 13.8. The molecule has 0 N–H and O–H groups in total. The van der Waals surface area contributed by atoms with Gasteiger partial charge in [0.1, 0.15) is 12.7 Å². The third kappa shape index (κ3) is 6.68. The molecule has 0 spiro atoms. The van der Waals surface area contributed by atoms with Crippen molar-refractivity contribution in [3.63, 3.8) is 0 Å². The largest absolute Gasteiger partial charge is 0.459 e. The predicted octanol–water partition coefficient (Wildman–Crippen LogP) is 5.66. The van der Waals surface area contributed by atoms with Crippen molar-refractivity contribution in [1.82, 2.24) is 0 Å². The van der Waals surface area contributed by atoms with Crippen molar-refractivity contribution in [2.75, 3.05) is 6.61 Å². The number of benzene rings is 4. The lowest BCUT2D eigenvalue weighted by atomic mass is 9.89. The summed E-state index contributed by atoms with van der Waals surface area (Å²) in [5.41, 5.74) is -0.743. The van der Waals surface area contributed by atoms with E-state index >= 15 is 0 Å². The highest BCUT2D eigenvalue weighted by molar-refractivity contribution is 5.91. The molecule has 4 aromatic rings. The van der Waals surface area contributed by atoms with Crippen LogP contribution in [0.2, 0.25) is 0 Å². The van der Waals surface area contributed by atoms with Crippen LogP contribution in [-0.4, -0.2) is 54.6 Å². The lowest BCUT2D eigenvalue weighted by Gasteiger charge is -2.36. The maximum absolute atomic E-state index is 13.5. The predicted molar refractivity (Wildman–Crippen MR) is 158 cm³/mol. The van der Waals surface area contributed by atoms with Crippen LogP contribution in [0, 0.1) is 0 Å². The number of hydrogen-bond acceptors (Lipinski definition) is 9. The van der Waals surface area contributed by atoms with Gasteiger partial charge in [-0.1, -0.05) is 79.7 Å². The second-order valence-electron chi connectivity index (χ2n) is 9.98. The summed E-state index contributed by atoms with van der Waals surface area (Å²) in [7, 11) is 0. The molecule has 0 radical (unpaired) electrons. The summed E-state index contributed by atoms with van der Waals surface area (Å²) in [6.07, 6.45) is -4.08. The second-order valence-corrected chi connectivity index (χ2v) is 9.98. The van der Waals surface area contributed by atoms with E-state index in [4.69, 9.17) is 23.7 Å². The van der Waals surface area contributed by atoms with E-state index in [1.165, 1.54) is 0 Å². The molecule has 0 bridgehead atoms. The van der Waals surface area contributed by atoms with Crippen LogP contribution >= 0.6 is 0 Å². The summed E-state index contributed by atoms with van der Waals surface area (Å²) < 4.78 is 29.6. The standard InChI is InChI=1S/C35H30O9/c1-2-35(44-33(39)27-21-13-6-14-22-27)28(23-40-30(36)24-15-7-3-8-16-24)41-34(43-32(38)26-19-11-5-12-20-26)29(35)42-31(37)25-17-9-4-10-18-25/h3-22,28-29,34H,2,23H2,1H3/t28-,29+,34?,35-/m1/s1. The van der Waals surface area contributed by atoms with Gasteiger partial charge >= 0.3 is 23.9 Å². The van der Waals surface area contributed by atoms with Crippen molar-refractivity contribution in [2.45, 2.75) is 37.4 Å². The molecular weight excluding hydrogens is 564 g/mol. The Labute approximate surface area is 254 Å². The van der Waals surface area contributed by atoms with Crippen LogP contribution in [0.1, 0.15) is 54.8 Å². The number of esters is 4. The minimum Gasteiger partial charge on any atom is -0.459 e. The van der Waals surface area contributed by atoms with Crippen LogP contribution in [0.5, 0.6) is 0 Å². The Hall–Kier alpha value is -5.28. The van der Waals surface area contributed by atoms with E-state index in [2.05, 4.69) is 0 Å². The normalized spacial score (nSPS) is 20.7. The maximum Gasteiger partial charge on any atom is 0.340 e. The SMILES string of the molecule is CC[C@@]1(OC(=O)c2ccccc2)[C@@H](COC(=O)c2ccccc2)OC(OC(=O)c2ccccc2)[C@@H]1OC(=O)c1ccccc1. The summed E-state index contributed by atoms with van der Waals surface area (Å²) >= 11 is 0. The summed E-state index contributed by atoms with van der Waals surface area (Å²) in [6.45, 7) is 1.31. The Morgan fingerprint density at radius 3 is 1.45 bits per heavy atom. The van der Waals surface area contributed by atoms with Crippen molar-refractivity contribution in [3.05, 3.63) is 144 Å². The number of ether oxygens (including phenoxy) is 5. The van der Waals surface area contributed by atoms with Gasteiger partial charge in [0.05, 0.1) is 22.3 Å². The Morgan fingerprint density at radius 1 is 0.591 bits per heavy atom. The van der Waals surface area contributed by atoms with E-state index in [-0.39, 0.29) is 23.1 Å². The zero-order chi connectivity index (χ0) is 30.9. The zero-order valence-corrected chi connectivity index (χ0v) is 23.9. The summed E-state index contributed by atoms with van der Waals surface area (Å²) in [6, 6.07) is 33.0. The maximum atomic E-state index is 13.5. The zero-order valence-electron chi connectivity index (χ0n) is 23.9. The minimum absolute atomic E-state index is 0.0469. The quantitative estimate of drug-likeness (QED) is 0.170. The molecule has 9 heteroatoms. The van der Waals surface area contributed by atoms with E-state index in [1.807, 2.05) is 0 Å². The first-order valence-electron chi connectivity index (χ1n) is 14.1. The Morgan fingerprint density at radius 2 is 1.00 bits per heavy atom. The van der Waals surface area contributed by atoms with Crippen LogP contribution in [0.4, 0.5) is 0 Å². The third-order valence-corrected chi connectivity index (χ3v) is 7.27. The van der Waals surface area contributed by atoms with Gasteiger partial charge in [0, 0.05) is 0 Å². The topological polar surface area (TPSA) is 114 Å². The fraction of sp³-hybridized carbons (Fsp3) is 0.200. The van der Waals surface area contributed by atoms with Gasteiger partial charge in [-0.05, 0) is 55.0 Å². The summed E-state index contributed by atoms with van der Waals surface area (Å²) in [4.78, 5) is 52.9. The fourth-order valence-corrected chi connectivity index (χ4v) is 4.93. The lowest BCUT2D eigenvalue weighted by Crippen LogP contribution is -2.55. The smallest absolute Gasteiger partial charge is 0.340 e. The molecule has 1 heterocycles. The molecule has 1 fully saturated rings. The molecule has 224 valence electrons. The van der Waals surface area contributed by atoms with Gasteiger partial charge in [-0.2, -0.15) is 0 Å². The van der Waals surface area contributed by atoms with Crippen LogP contribution in [-0.2, 0) is 23.7 Å². The minimum atomic E-state index is -1.73. The molecule has 1 saturated heterocycles. The molecule has 44 heavy (non-hydrogen) atoms. The highest BCUT2D eigenvalue weighted by atomic mass is 16.8. The Bertz CT molecular complexity index is 1580. The molecule has 9 nitrogen and oxygen atoms in total. The Kier molecular flexibility index (Phi) is 9.46. The first-order valence-corrected chi connectivity index (χ1v) is 14.1. The number of carbonyl (C=O) groups excluding carboxylic acids is 4. The number of rotatable bonds is 10. The first-order chi connectivity index (χ1) is 21.4. The van der Waals surface area contributed by atoms with Gasteiger partial charge < -0.3 is 23.7 Å². The number of carbonyl (C=O) groups is 4. The van der Waals surface area contributed by atoms with Crippen LogP contribution in [0.3, 0.4) is 0 Å². The fourth-order valence-electron chi connectivity index (χ4n) is 4.93. The molecule has 1 aliphatic heterocycles. The molecule has 0 aromatic heterocycles. The molecule has 1 unspecified atom stereocenters. The van der Waals surface area contributed by atoms with E-state index in [1.54, 1.807) is 128 Å². The highest BCUT2D eigenvalue weighted by Gasteiger charge is 2.63. The molecule has 1 aliphatic rings. The molecule has 4 aromatic carbocycles. The van der Waals surface area contributed by atoms with Crippen molar-refractivity contribution >= 4 is 23.9 Å². The molecule has 0 aliphatic carbocycles. The summed E-state index contributed by atoms with van der Waals surface area (Å²) in [5, 5.41) is 0. The average molecular weight is 595 g/mol. The van der Waals surface area contributed by atoms with E-state index in [0.717, 1.165) is 0 Å². The van der Waals surface area contributed by atoms with Gasteiger partial charge in [0.15, 0.2) is 5.60 Å². The monoisotopic (exact) mass is 594 g/mol. The number of hydrogen-bond donors (Lipinski definition) is 0. The highest BCUT2D eigenvalue weighted by Crippen LogP contribution is 2.41. The Balaban J connectivity index is 1.51. The molecule has 4 atom stereocenters. The van der Waals surface area contributed by atoms with Crippen molar-refractivity contribution in [2.24, 2.45) is 0 Å². The van der Waals surface area contributed by atoms with Gasteiger partial charge in [-0.15, -0.1) is 0 Å². The van der Waals surface area contributed by atoms with Crippen molar-refractivity contribution < 1.29 is 42.9 Å². The van der Waals surface area contributed by atoms with E-state index < -0.39 is 54.6 Å². The van der Waals surface area contributed by atoms with Gasteiger partial charge in [0.25, 0.3) is 0 Å². The van der Waals surface area contributed by atoms with Gasteiger partial charge in [-0.25, -0.2) is 19.2 Å². The average Bonchev–Trinajstić information content (AvgIpc) is 3.35.